The SMILES string of the molecule is CCOC1CCC(Nc2ncc(C(N)=O)c(N[C@@H]3CC[C@@H](O)C3)n2)CC1. The highest BCUT2D eigenvalue weighted by atomic mass is 16.5. The molecule has 2 atom stereocenters. The van der Waals surface area contributed by atoms with Crippen molar-refractivity contribution < 1.29 is 14.6 Å². The van der Waals surface area contributed by atoms with Gasteiger partial charge in [-0.05, 0) is 51.9 Å². The summed E-state index contributed by atoms with van der Waals surface area (Å²) < 4.78 is 5.68. The van der Waals surface area contributed by atoms with E-state index in [2.05, 4.69) is 20.6 Å². The molecule has 1 amide bonds. The monoisotopic (exact) mass is 363 g/mol. The maximum absolute atomic E-state index is 11.7. The Labute approximate surface area is 153 Å². The summed E-state index contributed by atoms with van der Waals surface area (Å²) in [6.45, 7) is 2.78. The van der Waals surface area contributed by atoms with Crippen LogP contribution in [-0.2, 0) is 4.74 Å². The third-order valence-electron chi connectivity index (χ3n) is 5.21. The number of rotatable bonds is 7. The van der Waals surface area contributed by atoms with E-state index in [-0.39, 0.29) is 17.7 Å². The van der Waals surface area contributed by atoms with E-state index in [9.17, 15) is 9.90 Å². The lowest BCUT2D eigenvalue weighted by molar-refractivity contribution is 0.0346. The molecule has 1 aromatic heterocycles. The fraction of sp³-hybridized carbons (Fsp3) is 0.722. The average molecular weight is 363 g/mol. The highest BCUT2D eigenvalue weighted by Crippen LogP contribution is 2.26. The average Bonchev–Trinajstić information content (AvgIpc) is 3.02. The third kappa shape index (κ3) is 4.82. The number of ether oxygens (including phenoxy) is 1. The van der Waals surface area contributed by atoms with Crippen LogP contribution in [0.4, 0.5) is 11.8 Å². The lowest BCUT2D eigenvalue weighted by Crippen LogP contribution is -2.31. The summed E-state index contributed by atoms with van der Waals surface area (Å²) in [7, 11) is 0. The van der Waals surface area contributed by atoms with Crippen molar-refractivity contribution in [2.75, 3.05) is 17.2 Å². The van der Waals surface area contributed by atoms with E-state index in [1.807, 2.05) is 6.92 Å². The molecular weight excluding hydrogens is 334 g/mol. The number of aliphatic hydroxyl groups is 1. The van der Waals surface area contributed by atoms with Gasteiger partial charge in [-0.15, -0.1) is 0 Å². The predicted molar refractivity (Wildman–Crippen MR) is 99.1 cm³/mol. The third-order valence-corrected chi connectivity index (χ3v) is 5.21. The van der Waals surface area contributed by atoms with E-state index in [1.165, 1.54) is 6.20 Å². The van der Waals surface area contributed by atoms with Gasteiger partial charge in [-0.1, -0.05) is 0 Å². The van der Waals surface area contributed by atoms with Gasteiger partial charge in [-0.25, -0.2) is 4.98 Å². The molecule has 0 saturated heterocycles. The Bertz CT molecular complexity index is 619. The molecule has 8 nitrogen and oxygen atoms in total. The van der Waals surface area contributed by atoms with Crippen LogP contribution in [0.15, 0.2) is 6.20 Å². The molecule has 26 heavy (non-hydrogen) atoms. The van der Waals surface area contributed by atoms with Crippen molar-refractivity contribution in [1.82, 2.24) is 9.97 Å². The summed E-state index contributed by atoms with van der Waals surface area (Å²) >= 11 is 0. The van der Waals surface area contributed by atoms with Gasteiger partial charge in [0.25, 0.3) is 5.91 Å². The molecule has 2 saturated carbocycles. The Kier molecular flexibility index (Phi) is 6.26. The topological polar surface area (TPSA) is 122 Å². The molecule has 5 N–H and O–H groups in total. The van der Waals surface area contributed by atoms with Gasteiger partial charge in [0, 0.05) is 24.9 Å². The molecule has 0 aromatic carbocycles. The quantitative estimate of drug-likeness (QED) is 0.581. The van der Waals surface area contributed by atoms with Gasteiger partial charge in [0.2, 0.25) is 5.95 Å². The number of amides is 1. The van der Waals surface area contributed by atoms with E-state index in [1.54, 1.807) is 0 Å². The fourth-order valence-corrected chi connectivity index (χ4v) is 3.82. The number of hydrogen-bond acceptors (Lipinski definition) is 7. The van der Waals surface area contributed by atoms with Gasteiger partial charge in [0.1, 0.15) is 5.82 Å². The summed E-state index contributed by atoms with van der Waals surface area (Å²) in [5.41, 5.74) is 5.73. The summed E-state index contributed by atoms with van der Waals surface area (Å²) in [5, 5.41) is 16.3. The first kappa shape index (κ1) is 18.8. The summed E-state index contributed by atoms with van der Waals surface area (Å²) in [5.74, 6) is 0.378. The van der Waals surface area contributed by atoms with Crippen molar-refractivity contribution in [3.8, 4) is 0 Å². The molecule has 8 heteroatoms. The summed E-state index contributed by atoms with van der Waals surface area (Å²) in [6.07, 6.45) is 7.81. The van der Waals surface area contributed by atoms with Crippen molar-refractivity contribution in [2.24, 2.45) is 5.73 Å². The van der Waals surface area contributed by atoms with Crippen LogP contribution >= 0.6 is 0 Å². The first-order valence-corrected chi connectivity index (χ1v) is 9.54. The van der Waals surface area contributed by atoms with Crippen LogP contribution in [-0.4, -0.2) is 51.9 Å². The summed E-state index contributed by atoms with van der Waals surface area (Å²) in [6, 6.07) is 0.389. The zero-order chi connectivity index (χ0) is 18.5. The second-order valence-corrected chi connectivity index (χ2v) is 7.20. The zero-order valence-corrected chi connectivity index (χ0v) is 15.3. The maximum Gasteiger partial charge on any atom is 0.254 e. The van der Waals surface area contributed by atoms with Crippen LogP contribution in [0.5, 0.6) is 0 Å². The van der Waals surface area contributed by atoms with Crippen LogP contribution in [0.1, 0.15) is 62.2 Å². The van der Waals surface area contributed by atoms with Crippen molar-refractivity contribution in [3.63, 3.8) is 0 Å². The maximum atomic E-state index is 11.7. The first-order chi connectivity index (χ1) is 12.5. The van der Waals surface area contributed by atoms with E-state index in [0.717, 1.165) is 45.1 Å². The molecule has 0 aliphatic heterocycles. The molecule has 0 unspecified atom stereocenters. The number of nitrogens with one attached hydrogen (secondary N) is 2. The second-order valence-electron chi connectivity index (χ2n) is 7.20. The molecule has 1 heterocycles. The van der Waals surface area contributed by atoms with Crippen molar-refractivity contribution >= 4 is 17.7 Å². The van der Waals surface area contributed by atoms with Crippen LogP contribution in [0.2, 0.25) is 0 Å². The zero-order valence-electron chi connectivity index (χ0n) is 15.3. The Balaban J connectivity index is 1.64. The number of nitrogens with two attached hydrogens (primary N) is 1. The van der Waals surface area contributed by atoms with Crippen LogP contribution in [0, 0.1) is 0 Å². The van der Waals surface area contributed by atoms with Gasteiger partial charge >= 0.3 is 0 Å². The summed E-state index contributed by atoms with van der Waals surface area (Å²) in [4.78, 5) is 20.4. The Hall–Kier alpha value is -1.93. The standard InChI is InChI=1S/C18H29N5O3/c1-2-26-14-7-4-11(5-8-14)22-18-20-10-15(16(19)25)17(23-18)21-12-3-6-13(24)9-12/h10-14,24H,2-9H2,1H3,(H2,19,25)(H2,20,21,22,23)/t11?,12-,13-,14?/m1/s1. The largest absolute Gasteiger partial charge is 0.393 e. The van der Waals surface area contributed by atoms with Gasteiger partial charge in [-0.3, -0.25) is 4.79 Å². The van der Waals surface area contributed by atoms with Crippen molar-refractivity contribution in [3.05, 3.63) is 11.8 Å². The molecule has 2 aliphatic carbocycles. The lowest BCUT2D eigenvalue weighted by Gasteiger charge is -2.29. The van der Waals surface area contributed by atoms with E-state index >= 15 is 0 Å². The Morgan fingerprint density at radius 1 is 1.23 bits per heavy atom. The second kappa shape index (κ2) is 8.64. The highest BCUT2D eigenvalue weighted by molar-refractivity contribution is 5.97. The first-order valence-electron chi connectivity index (χ1n) is 9.54. The highest BCUT2D eigenvalue weighted by Gasteiger charge is 2.26. The normalized spacial score (nSPS) is 28.7. The number of aliphatic hydroxyl groups excluding tert-OH is 1. The van der Waals surface area contributed by atoms with E-state index < -0.39 is 5.91 Å². The van der Waals surface area contributed by atoms with Crippen LogP contribution < -0.4 is 16.4 Å². The number of aromatic nitrogens is 2. The van der Waals surface area contributed by atoms with Crippen LogP contribution in [0.25, 0.3) is 0 Å². The molecular formula is C18H29N5O3. The molecule has 2 fully saturated rings. The number of nitrogens with zero attached hydrogens (tertiary/aromatic N) is 2. The van der Waals surface area contributed by atoms with E-state index in [0.29, 0.717) is 30.3 Å². The number of primary amides is 1. The van der Waals surface area contributed by atoms with Gasteiger partial charge in [0.15, 0.2) is 0 Å². The number of anilines is 2. The molecule has 0 bridgehead atoms. The molecule has 0 radical (unpaired) electrons. The number of hydrogen-bond donors (Lipinski definition) is 4. The minimum atomic E-state index is -0.560. The molecule has 1 aromatic rings. The molecule has 0 spiro atoms. The molecule has 3 rings (SSSR count). The Morgan fingerprint density at radius 2 is 1.96 bits per heavy atom. The molecule has 2 aliphatic rings. The lowest BCUT2D eigenvalue weighted by atomic mass is 9.93. The number of carbonyl (C=O) groups excluding carboxylic acids is 1. The van der Waals surface area contributed by atoms with Crippen LogP contribution in [0.3, 0.4) is 0 Å². The molecule has 144 valence electrons. The fourth-order valence-electron chi connectivity index (χ4n) is 3.82. The van der Waals surface area contributed by atoms with E-state index in [4.69, 9.17) is 10.5 Å². The minimum Gasteiger partial charge on any atom is -0.393 e. The van der Waals surface area contributed by atoms with Crippen molar-refractivity contribution in [1.29, 1.82) is 0 Å². The number of carbonyl (C=O) groups is 1. The van der Waals surface area contributed by atoms with Gasteiger partial charge in [0.05, 0.1) is 17.8 Å². The predicted octanol–water partition coefficient (Wildman–Crippen LogP) is 1.66. The van der Waals surface area contributed by atoms with Crippen molar-refractivity contribution in [2.45, 2.75) is 76.2 Å². The van der Waals surface area contributed by atoms with Gasteiger partial charge in [-0.2, -0.15) is 4.98 Å². The Morgan fingerprint density at radius 3 is 2.58 bits per heavy atom. The minimum absolute atomic E-state index is 0.0903. The van der Waals surface area contributed by atoms with Gasteiger partial charge < -0.3 is 26.2 Å². The smallest absolute Gasteiger partial charge is 0.254 e.